The molecule has 8 aliphatic rings. The predicted octanol–water partition coefficient (Wildman–Crippen LogP) is 10.2. The third-order valence-electron chi connectivity index (χ3n) is 13.6. The van der Waals surface area contributed by atoms with Gasteiger partial charge in [0, 0.05) is 34.6 Å². The molecule has 2 heterocycles. The van der Waals surface area contributed by atoms with Crippen LogP contribution in [-0.4, -0.2) is 18.4 Å². The van der Waals surface area contributed by atoms with E-state index < -0.39 is 0 Å². The first-order valence-corrected chi connectivity index (χ1v) is 19.9. The quantitative estimate of drug-likeness (QED) is 0.269. The average Bonchev–Trinajstić information content (AvgIpc) is 3.73. The van der Waals surface area contributed by atoms with E-state index in [2.05, 4.69) is 161 Å². The van der Waals surface area contributed by atoms with Crippen molar-refractivity contribution in [2.45, 2.75) is 80.6 Å². The molecule has 0 saturated heterocycles. The summed E-state index contributed by atoms with van der Waals surface area (Å²) in [6, 6.07) is 26.3. The van der Waals surface area contributed by atoms with Gasteiger partial charge in [0.2, 0.25) is 0 Å². The van der Waals surface area contributed by atoms with Gasteiger partial charge in [-0.3, -0.25) is 5.32 Å². The van der Waals surface area contributed by atoms with E-state index >= 15 is 0 Å². The number of para-hydroxylation sites is 1. The second kappa shape index (κ2) is 12.1. The molecule has 0 spiro atoms. The van der Waals surface area contributed by atoms with E-state index in [0.717, 1.165) is 25.7 Å². The molecular formula is C49H47N3. The van der Waals surface area contributed by atoms with Gasteiger partial charge in [0.25, 0.3) is 0 Å². The molecule has 0 bridgehead atoms. The first-order chi connectivity index (χ1) is 25.8. The van der Waals surface area contributed by atoms with E-state index in [0.29, 0.717) is 17.8 Å². The molecule has 6 aliphatic carbocycles. The van der Waals surface area contributed by atoms with Crippen LogP contribution in [0.25, 0.3) is 6.08 Å². The van der Waals surface area contributed by atoms with Gasteiger partial charge < -0.3 is 10.2 Å². The molecule has 8 unspecified atom stereocenters. The summed E-state index contributed by atoms with van der Waals surface area (Å²) >= 11 is 0. The molecule has 0 aromatic heterocycles. The van der Waals surface area contributed by atoms with Crippen molar-refractivity contribution in [2.75, 3.05) is 4.90 Å². The van der Waals surface area contributed by atoms with Crippen molar-refractivity contribution in [3.05, 3.63) is 190 Å². The number of hydrogen-bond donors (Lipinski definition) is 2. The molecule has 3 nitrogen and oxygen atoms in total. The highest BCUT2D eigenvalue weighted by molar-refractivity contribution is 5.80. The lowest BCUT2D eigenvalue weighted by Gasteiger charge is -2.46. The highest BCUT2D eigenvalue weighted by atomic mass is 15.4. The fourth-order valence-corrected chi connectivity index (χ4v) is 11.6. The van der Waals surface area contributed by atoms with Crippen LogP contribution in [0, 0.1) is 11.8 Å². The smallest absolute Gasteiger partial charge is 0.156 e. The third-order valence-corrected chi connectivity index (χ3v) is 13.6. The Balaban J connectivity index is 1.08. The maximum Gasteiger partial charge on any atom is 0.156 e. The monoisotopic (exact) mass is 677 g/mol. The zero-order chi connectivity index (χ0) is 34.2. The van der Waals surface area contributed by atoms with Crippen LogP contribution in [0.5, 0.6) is 0 Å². The molecule has 0 fully saturated rings. The second-order valence-corrected chi connectivity index (χ2v) is 16.1. The zero-order valence-corrected chi connectivity index (χ0v) is 29.8. The normalized spacial score (nSPS) is 33.1. The van der Waals surface area contributed by atoms with Gasteiger partial charge in [-0.05, 0) is 101 Å². The van der Waals surface area contributed by atoms with Gasteiger partial charge in [0.1, 0.15) is 0 Å². The lowest BCUT2D eigenvalue weighted by molar-refractivity contribution is 0.351. The number of allylic oxidation sites excluding steroid dienone is 11. The third kappa shape index (κ3) is 4.35. The molecular weight excluding hydrogens is 631 g/mol. The van der Waals surface area contributed by atoms with Crippen molar-refractivity contribution >= 4 is 11.8 Å². The number of benzene rings is 3. The summed E-state index contributed by atoms with van der Waals surface area (Å²) in [5.41, 5.74) is 14.6. The Morgan fingerprint density at radius 3 is 2.48 bits per heavy atom. The van der Waals surface area contributed by atoms with E-state index in [4.69, 9.17) is 0 Å². The van der Waals surface area contributed by atoms with Crippen molar-refractivity contribution < 1.29 is 0 Å². The van der Waals surface area contributed by atoms with Crippen LogP contribution in [-0.2, 0) is 5.41 Å². The Bertz CT molecular complexity index is 2190. The minimum atomic E-state index is -0.225. The number of anilines is 1. The number of nitrogens with one attached hydrogen (secondary N) is 2. The van der Waals surface area contributed by atoms with Crippen LogP contribution >= 0.6 is 0 Å². The van der Waals surface area contributed by atoms with Gasteiger partial charge in [-0.15, -0.1) is 0 Å². The van der Waals surface area contributed by atoms with E-state index in [1.807, 2.05) is 0 Å². The van der Waals surface area contributed by atoms with E-state index in [-0.39, 0.29) is 29.7 Å². The van der Waals surface area contributed by atoms with Crippen LogP contribution < -0.4 is 15.5 Å². The zero-order valence-electron chi connectivity index (χ0n) is 29.8. The average molecular weight is 678 g/mol. The van der Waals surface area contributed by atoms with Crippen molar-refractivity contribution in [1.82, 2.24) is 10.6 Å². The van der Waals surface area contributed by atoms with Crippen molar-refractivity contribution in [1.29, 1.82) is 0 Å². The van der Waals surface area contributed by atoms with Crippen LogP contribution in [0.1, 0.15) is 90.2 Å². The first-order valence-electron chi connectivity index (χ1n) is 19.9. The maximum atomic E-state index is 4.16. The molecule has 8 atom stereocenters. The van der Waals surface area contributed by atoms with Crippen LogP contribution in [0.2, 0.25) is 0 Å². The summed E-state index contributed by atoms with van der Waals surface area (Å²) in [5.74, 6) is 1.47. The molecule has 2 N–H and O–H groups in total. The molecule has 0 saturated carbocycles. The Labute approximate surface area is 308 Å². The van der Waals surface area contributed by atoms with Gasteiger partial charge in [0.05, 0.1) is 12.1 Å². The number of fused-ring (bicyclic) bond motifs is 10. The molecule has 11 rings (SSSR count). The maximum absolute atomic E-state index is 4.16. The minimum absolute atomic E-state index is 0.000255. The Morgan fingerprint density at radius 2 is 1.60 bits per heavy atom. The largest absolute Gasteiger partial charge is 0.356 e. The van der Waals surface area contributed by atoms with Crippen molar-refractivity contribution in [2.24, 2.45) is 11.8 Å². The second-order valence-electron chi connectivity index (χ2n) is 16.1. The summed E-state index contributed by atoms with van der Waals surface area (Å²) < 4.78 is 0. The predicted molar refractivity (Wildman–Crippen MR) is 214 cm³/mol. The molecule has 3 aromatic rings. The van der Waals surface area contributed by atoms with Gasteiger partial charge in [0.15, 0.2) is 6.29 Å². The SMILES string of the molecule is C1=CCC2C(=C1)C(c1ccccc1)(C1C=CC=CC1)c1c2ccc2c1C=CC1C2c2ccccc2N1C1NC(C2C=CCCC2)=C2CCC=CC2N1. The lowest BCUT2D eigenvalue weighted by atomic mass is 9.60. The molecule has 52 heavy (non-hydrogen) atoms. The van der Waals surface area contributed by atoms with Crippen molar-refractivity contribution in [3.63, 3.8) is 0 Å². The fourth-order valence-electron chi connectivity index (χ4n) is 11.6. The van der Waals surface area contributed by atoms with Crippen LogP contribution in [0.15, 0.2) is 156 Å². The summed E-state index contributed by atoms with van der Waals surface area (Å²) in [4.78, 5) is 2.68. The van der Waals surface area contributed by atoms with E-state index in [1.54, 1.807) is 16.7 Å². The molecule has 0 radical (unpaired) electrons. The minimum Gasteiger partial charge on any atom is -0.356 e. The van der Waals surface area contributed by atoms with Gasteiger partial charge in [-0.1, -0.05) is 140 Å². The van der Waals surface area contributed by atoms with E-state index in [9.17, 15) is 0 Å². The molecule has 3 aromatic carbocycles. The lowest BCUT2D eigenvalue weighted by Crippen LogP contribution is -2.63. The Morgan fingerprint density at radius 1 is 0.731 bits per heavy atom. The number of hydrogen-bond acceptors (Lipinski definition) is 3. The summed E-state index contributed by atoms with van der Waals surface area (Å²) in [7, 11) is 0. The summed E-state index contributed by atoms with van der Waals surface area (Å²) in [6.45, 7) is 0. The van der Waals surface area contributed by atoms with Crippen molar-refractivity contribution in [3.8, 4) is 0 Å². The van der Waals surface area contributed by atoms with E-state index in [1.165, 1.54) is 58.5 Å². The van der Waals surface area contributed by atoms with Gasteiger partial charge >= 0.3 is 0 Å². The molecule has 0 amide bonds. The molecule has 258 valence electrons. The van der Waals surface area contributed by atoms with Crippen LogP contribution in [0.4, 0.5) is 5.69 Å². The summed E-state index contributed by atoms with van der Waals surface area (Å²) in [5, 5.41) is 8.26. The number of rotatable bonds is 4. The standard InChI is InChI=1S/C49H47N3/c1-4-16-32(17-5-1)47-39-23-11-14-26-42(39)50-48(51-47)52-43-27-15-12-24-40(43)45-36-28-29-37-35-22-10-13-25-41(35)49(33-18-6-2-7-19-33,34-20-8-3-9-21-34)46(37)38(36)30-31-44(45)52/h2-4,6-10,12-16,18-20,24-32,34-35,42,44-45,48,50-51H,1,5,11,17,21-23H2. The Hall–Kier alpha value is -4.86. The number of nitrogens with zero attached hydrogens (tertiary/aromatic N) is 1. The first kappa shape index (κ1) is 30.7. The topological polar surface area (TPSA) is 27.3 Å². The van der Waals surface area contributed by atoms with Crippen LogP contribution in [0.3, 0.4) is 0 Å². The van der Waals surface area contributed by atoms with Gasteiger partial charge in [-0.25, -0.2) is 0 Å². The van der Waals surface area contributed by atoms with Gasteiger partial charge in [-0.2, -0.15) is 0 Å². The Kier molecular flexibility index (Phi) is 7.15. The molecule has 3 heteroatoms. The highest BCUT2D eigenvalue weighted by Gasteiger charge is 2.55. The molecule has 2 aliphatic heterocycles. The highest BCUT2D eigenvalue weighted by Crippen LogP contribution is 2.63. The fraction of sp³-hybridized carbons (Fsp3) is 0.306. The summed E-state index contributed by atoms with van der Waals surface area (Å²) in [6.07, 6.45) is 39.5.